The Hall–Kier alpha value is -1.52. The molecule has 0 saturated carbocycles. The molecule has 0 radical (unpaired) electrons. The third-order valence-electron chi connectivity index (χ3n) is 3.28. The van der Waals surface area contributed by atoms with Crippen LogP contribution in [0.5, 0.6) is 0 Å². The monoisotopic (exact) mass is 263 g/mol. The van der Waals surface area contributed by atoms with Crippen molar-refractivity contribution in [3.05, 3.63) is 35.0 Å². The Labute approximate surface area is 110 Å². The Morgan fingerprint density at radius 3 is 2.83 bits per heavy atom. The lowest BCUT2D eigenvalue weighted by atomic mass is 10.1. The molecule has 1 aromatic heterocycles. The van der Waals surface area contributed by atoms with Crippen molar-refractivity contribution in [2.75, 3.05) is 26.2 Å². The van der Waals surface area contributed by atoms with Gasteiger partial charge in [-0.05, 0) is 18.2 Å². The number of amides is 1. The highest BCUT2D eigenvalue weighted by molar-refractivity contribution is 6.31. The maximum absolute atomic E-state index is 12.4. The molecule has 1 aliphatic heterocycles. The number of carbonyl (C=O) groups excluding carboxylic acids is 1. The van der Waals surface area contributed by atoms with Gasteiger partial charge >= 0.3 is 0 Å². The van der Waals surface area contributed by atoms with Crippen molar-refractivity contribution >= 4 is 28.4 Å². The molecule has 0 bridgehead atoms. The SMILES string of the molecule is O=C(c1c[nH]c2ccc(Cl)cc12)N1CCNCC1. The predicted octanol–water partition coefficient (Wildman–Crippen LogP) is 1.87. The largest absolute Gasteiger partial charge is 0.360 e. The molecule has 1 amide bonds. The average molecular weight is 264 g/mol. The third-order valence-corrected chi connectivity index (χ3v) is 3.51. The zero-order valence-electron chi connectivity index (χ0n) is 9.87. The molecule has 1 fully saturated rings. The van der Waals surface area contributed by atoms with Crippen LogP contribution in [-0.2, 0) is 0 Å². The van der Waals surface area contributed by atoms with E-state index in [9.17, 15) is 4.79 Å². The molecule has 2 heterocycles. The van der Waals surface area contributed by atoms with Gasteiger partial charge in [0.05, 0.1) is 5.56 Å². The predicted molar refractivity (Wildman–Crippen MR) is 72.1 cm³/mol. The molecule has 2 aromatic rings. The van der Waals surface area contributed by atoms with Crippen LogP contribution in [0.4, 0.5) is 0 Å². The quantitative estimate of drug-likeness (QED) is 0.825. The molecule has 94 valence electrons. The number of nitrogens with one attached hydrogen (secondary N) is 2. The first-order valence-electron chi connectivity index (χ1n) is 6.02. The van der Waals surface area contributed by atoms with Gasteiger partial charge in [0.1, 0.15) is 0 Å². The Balaban J connectivity index is 1.98. The van der Waals surface area contributed by atoms with E-state index in [4.69, 9.17) is 11.6 Å². The summed E-state index contributed by atoms with van der Waals surface area (Å²) < 4.78 is 0. The Kier molecular flexibility index (Phi) is 2.97. The minimum Gasteiger partial charge on any atom is -0.360 e. The summed E-state index contributed by atoms with van der Waals surface area (Å²) in [6.07, 6.45) is 1.77. The number of rotatable bonds is 1. The summed E-state index contributed by atoms with van der Waals surface area (Å²) in [6, 6.07) is 5.55. The molecular weight excluding hydrogens is 250 g/mol. The van der Waals surface area contributed by atoms with Gasteiger partial charge in [-0.1, -0.05) is 11.6 Å². The number of aromatic amines is 1. The number of hydrogen-bond donors (Lipinski definition) is 2. The molecule has 1 aromatic carbocycles. The first-order valence-corrected chi connectivity index (χ1v) is 6.40. The lowest BCUT2D eigenvalue weighted by molar-refractivity contribution is 0.0738. The lowest BCUT2D eigenvalue weighted by Crippen LogP contribution is -2.46. The minimum atomic E-state index is 0.0741. The van der Waals surface area contributed by atoms with E-state index >= 15 is 0 Å². The molecule has 4 nitrogen and oxygen atoms in total. The maximum atomic E-state index is 12.4. The number of fused-ring (bicyclic) bond motifs is 1. The van der Waals surface area contributed by atoms with Crippen molar-refractivity contribution in [2.24, 2.45) is 0 Å². The fourth-order valence-corrected chi connectivity index (χ4v) is 2.48. The first-order chi connectivity index (χ1) is 8.75. The smallest absolute Gasteiger partial charge is 0.256 e. The molecular formula is C13H14ClN3O. The zero-order chi connectivity index (χ0) is 12.5. The molecule has 0 spiro atoms. The summed E-state index contributed by atoms with van der Waals surface area (Å²) in [4.78, 5) is 17.4. The molecule has 0 unspecified atom stereocenters. The van der Waals surface area contributed by atoms with Crippen LogP contribution in [0.25, 0.3) is 10.9 Å². The van der Waals surface area contributed by atoms with Crippen LogP contribution < -0.4 is 5.32 Å². The standard InChI is InChI=1S/C13H14ClN3O/c14-9-1-2-12-10(7-9)11(8-16-12)13(18)17-5-3-15-4-6-17/h1-2,7-8,15-16H,3-6H2. The van der Waals surface area contributed by atoms with Gasteiger partial charge in [0.15, 0.2) is 0 Å². The van der Waals surface area contributed by atoms with Crippen molar-refractivity contribution in [1.82, 2.24) is 15.2 Å². The highest BCUT2D eigenvalue weighted by Crippen LogP contribution is 2.23. The zero-order valence-corrected chi connectivity index (χ0v) is 10.6. The summed E-state index contributed by atoms with van der Waals surface area (Å²) in [5, 5.41) is 4.78. The third kappa shape index (κ3) is 1.98. The van der Waals surface area contributed by atoms with E-state index in [1.165, 1.54) is 0 Å². The molecule has 18 heavy (non-hydrogen) atoms. The molecule has 2 N–H and O–H groups in total. The number of H-pyrrole nitrogens is 1. The summed E-state index contributed by atoms with van der Waals surface area (Å²) in [5.74, 6) is 0.0741. The number of carbonyl (C=O) groups is 1. The van der Waals surface area contributed by atoms with Crippen LogP contribution in [-0.4, -0.2) is 42.0 Å². The van der Waals surface area contributed by atoms with E-state index in [-0.39, 0.29) is 5.91 Å². The van der Waals surface area contributed by atoms with E-state index < -0.39 is 0 Å². The maximum Gasteiger partial charge on any atom is 0.256 e. The van der Waals surface area contributed by atoms with Crippen molar-refractivity contribution in [1.29, 1.82) is 0 Å². The van der Waals surface area contributed by atoms with Crippen LogP contribution in [0, 0.1) is 0 Å². The number of nitrogens with zero attached hydrogens (tertiary/aromatic N) is 1. The van der Waals surface area contributed by atoms with E-state index in [0.29, 0.717) is 10.6 Å². The minimum absolute atomic E-state index is 0.0741. The molecule has 5 heteroatoms. The molecule has 1 aliphatic rings. The van der Waals surface area contributed by atoms with Gasteiger partial charge in [-0.2, -0.15) is 0 Å². The fourth-order valence-electron chi connectivity index (χ4n) is 2.31. The summed E-state index contributed by atoms with van der Waals surface area (Å²) in [6.45, 7) is 3.22. The molecule has 0 aliphatic carbocycles. The highest BCUT2D eigenvalue weighted by atomic mass is 35.5. The van der Waals surface area contributed by atoms with Gasteiger partial charge in [0, 0.05) is 48.3 Å². The van der Waals surface area contributed by atoms with Crippen molar-refractivity contribution in [3.8, 4) is 0 Å². The molecule has 1 saturated heterocycles. The van der Waals surface area contributed by atoms with Gasteiger partial charge in [-0.25, -0.2) is 0 Å². The van der Waals surface area contributed by atoms with E-state index in [2.05, 4.69) is 10.3 Å². The molecule has 0 atom stereocenters. The normalized spacial score (nSPS) is 16.2. The Morgan fingerprint density at radius 2 is 2.06 bits per heavy atom. The van der Waals surface area contributed by atoms with Gasteiger partial charge in [-0.3, -0.25) is 4.79 Å². The number of aromatic nitrogens is 1. The first kappa shape index (κ1) is 11.6. The van der Waals surface area contributed by atoms with Crippen LogP contribution in [0.15, 0.2) is 24.4 Å². The lowest BCUT2D eigenvalue weighted by Gasteiger charge is -2.27. The molecule has 3 rings (SSSR count). The van der Waals surface area contributed by atoms with Gasteiger partial charge in [0.25, 0.3) is 5.91 Å². The number of benzene rings is 1. The topological polar surface area (TPSA) is 48.1 Å². The Morgan fingerprint density at radius 1 is 1.28 bits per heavy atom. The highest BCUT2D eigenvalue weighted by Gasteiger charge is 2.20. The van der Waals surface area contributed by atoms with Crippen molar-refractivity contribution in [3.63, 3.8) is 0 Å². The fraction of sp³-hybridized carbons (Fsp3) is 0.308. The van der Waals surface area contributed by atoms with Gasteiger partial charge in [0.2, 0.25) is 0 Å². The summed E-state index contributed by atoms with van der Waals surface area (Å²) >= 11 is 5.99. The number of halogens is 1. The van der Waals surface area contributed by atoms with Crippen LogP contribution in [0.1, 0.15) is 10.4 Å². The second-order valence-corrected chi connectivity index (χ2v) is 4.87. The van der Waals surface area contributed by atoms with Crippen molar-refractivity contribution in [2.45, 2.75) is 0 Å². The van der Waals surface area contributed by atoms with Gasteiger partial charge in [-0.15, -0.1) is 0 Å². The Bertz CT molecular complexity index is 587. The summed E-state index contributed by atoms with van der Waals surface area (Å²) in [5.41, 5.74) is 1.65. The average Bonchev–Trinajstić information content (AvgIpc) is 2.82. The van der Waals surface area contributed by atoms with Crippen LogP contribution in [0.2, 0.25) is 5.02 Å². The van der Waals surface area contributed by atoms with Crippen LogP contribution >= 0.6 is 11.6 Å². The van der Waals surface area contributed by atoms with E-state index in [0.717, 1.165) is 37.1 Å². The number of hydrogen-bond acceptors (Lipinski definition) is 2. The second-order valence-electron chi connectivity index (χ2n) is 4.43. The van der Waals surface area contributed by atoms with E-state index in [1.54, 1.807) is 6.20 Å². The number of piperazine rings is 1. The van der Waals surface area contributed by atoms with Crippen LogP contribution in [0.3, 0.4) is 0 Å². The van der Waals surface area contributed by atoms with Gasteiger partial charge < -0.3 is 15.2 Å². The summed E-state index contributed by atoms with van der Waals surface area (Å²) in [7, 11) is 0. The second kappa shape index (κ2) is 4.63. The van der Waals surface area contributed by atoms with Crippen molar-refractivity contribution < 1.29 is 4.79 Å². The van der Waals surface area contributed by atoms with E-state index in [1.807, 2.05) is 23.1 Å².